The Morgan fingerprint density at radius 2 is 1.86 bits per heavy atom. The number of aliphatic hydroxyl groups excluding tert-OH is 1. The molecule has 128 valence electrons. The third kappa shape index (κ3) is 2.86. The van der Waals surface area contributed by atoms with Gasteiger partial charge in [0.05, 0.1) is 25.2 Å². The first-order chi connectivity index (χ1) is 9.91. The van der Waals surface area contributed by atoms with Crippen molar-refractivity contribution in [3.05, 3.63) is 0 Å². The van der Waals surface area contributed by atoms with Gasteiger partial charge >= 0.3 is 0 Å². The minimum absolute atomic E-state index is 0.00325. The molecule has 22 heavy (non-hydrogen) atoms. The number of amides is 1. The molecule has 0 aromatic carbocycles. The predicted molar refractivity (Wildman–Crippen MR) is 87.9 cm³/mol. The Bertz CT molecular complexity index is 438. The molecule has 2 heterocycles. The Morgan fingerprint density at radius 3 is 2.27 bits per heavy atom. The maximum absolute atomic E-state index is 12.7. The van der Waals surface area contributed by atoms with E-state index in [1.54, 1.807) is 6.92 Å². The number of ether oxygens (including phenoxy) is 2. The summed E-state index contributed by atoms with van der Waals surface area (Å²) in [5.74, 6) is -0.883. The molecule has 0 radical (unpaired) electrons. The van der Waals surface area contributed by atoms with E-state index in [0.29, 0.717) is 19.6 Å². The maximum Gasteiger partial charge on any atom is 0.222 e. The largest absolute Gasteiger partial charge is 0.393 e. The van der Waals surface area contributed by atoms with E-state index >= 15 is 0 Å². The third-order valence-corrected chi connectivity index (χ3v) is 11.1. The number of carbonyl (C=O) groups excluding carboxylic acids is 1. The Hall–Kier alpha value is -0.433. The molecule has 2 aliphatic heterocycles. The van der Waals surface area contributed by atoms with Crippen LogP contribution in [0.1, 0.15) is 41.0 Å². The second-order valence-corrected chi connectivity index (χ2v) is 13.5. The van der Waals surface area contributed by atoms with Crippen molar-refractivity contribution in [2.45, 2.75) is 77.1 Å². The van der Waals surface area contributed by atoms with Crippen molar-refractivity contribution in [1.82, 2.24) is 4.57 Å². The van der Waals surface area contributed by atoms with Crippen LogP contribution >= 0.6 is 0 Å². The van der Waals surface area contributed by atoms with Gasteiger partial charge in [-0.2, -0.15) is 0 Å². The number of nitrogens with zero attached hydrogens (tertiary/aromatic N) is 1. The fourth-order valence-electron chi connectivity index (χ4n) is 3.42. The summed E-state index contributed by atoms with van der Waals surface area (Å²) in [4.78, 5) is 12.7. The Labute approximate surface area is 135 Å². The van der Waals surface area contributed by atoms with E-state index in [1.165, 1.54) is 0 Å². The summed E-state index contributed by atoms with van der Waals surface area (Å²) in [6.45, 7) is 15.9. The molecule has 1 amide bonds. The number of aliphatic hydroxyl groups is 1. The van der Waals surface area contributed by atoms with Gasteiger partial charge in [0.1, 0.15) is 0 Å². The van der Waals surface area contributed by atoms with Gasteiger partial charge in [0.2, 0.25) is 5.91 Å². The highest BCUT2D eigenvalue weighted by Crippen LogP contribution is 2.47. The van der Waals surface area contributed by atoms with Gasteiger partial charge in [0.15, 0.2) is 14.0 Å². The van der Waals surface area contributed by atoms with Crippen LogP contribution in [0.3, 0.4) is 0 Å². The average molecular weight is 330 g/mol. The van der Waals surface area contributed by atoms with Crippen LogP contribution in [0.15, 0.2) is 0 Å². The summed E-state index contributed by atoms with van der Waals surface area (Å²) in [5, 5.41) is 10.1. The van der Waals surface area contributed by atoms with Crippen LogP contribution < -0.4 is 0 Å². The lowest BCUT2D eigenvalue weighted by molar-refractivity contribution is -0.182. The molecule has 2 saturated heterocycles. The fraction of sp³-hybridized carbons (Fsp3) is 0.938. The smallest absolute Gasteiger partial charge is 0.222 e. The van der Waals surface area contributed by atoms with E-state index in [4.69, 9.17) is 9.47 Å². The van der Waals surface area contributed by atoms with E-state index in [0.717, 1.165) is 0 Å². The molecule has 6 heteroatoms. The molecule has 1 N–H and O–H groups in total. The molecule has 0 aromatic heterocycles. The van der Waals surface area contributed by atoms with Crippen LogP contribution in [0, 0.1) is 5.92 Å². The lowest BCUT2D eigenvalue weighted by Crippen LogP contribution is -2.75. The van der Waals surface area contributed by atoms with Gasteiger partial charge in [-0.3, -0.25) is 4.79 Å². The van der Waals surface area contributed by atoms with Crippen LogP contribution in [0.4, 0.5) is 0 Å². The molecule has 3 unspecified atom stereocenters. The zero-order valence-electron chi connectivity index (χ0n) is 15.0. The first-order valence-corrected chi connectivity index (χ1v) is 11.1. The molecule has 0 aliphatic carbocycles. The van der Waals surface area contributed by atoms with Crippen molar-refractivity contribution >= 4 is 14.1 Å². The normalized spacial score (nSPS) is 30.4. The van der Waals surface area contributed by atoms with Gasteiger partial charge in [-0.15, -0.1) is 0 Å². The molecule has 5 nitrogen and oxygen atoms in total. The molecular formula is C16H31NO4Si. The number of rotatable bonds is 4. The van der Waals surface area contributed by atoms with Crippen molar-refractivity contribution in [3.63, 3.8) is 0 Å². The van der Waals surface area contributed by atoms with E-state index in [9.17, 15) is 9.90 Å². The molecule has 0 aromatic rings. The zero-order valence-corrected chi connectivity index (χ0v) is 16.0. The van der Waals surface area contributed by atoms with Gasteiger partial charge < -0.3 is 19.1 Å². The quantitative estimate of drug-likeness (QED) is 0.635. The highest BCUT2D eigenvalue weighted by Gasteiger charge is 2.60. The Balaban J connectivity index is 2.26. The second kappa shape index (κ2) is 5.58. The second-order valence-electron chi connectivity index (χ2n) is 8.39. The average Bonchev–Trinajstić information content (AvgIpc) is 2.72. The van der Waals surface area contributed by atoms with E-state index in [2.05, 4.69) is 38.4 Å². The van der Waals surface area contributed by atoms with Gasteiger partial charge in [-0.05, 0) is 18.9 Å². The topological polar surface area (TPSA) is 59.0 Å². The van der Waals surface area contributed by atoms with Gasteiger partial charge in [-0.25, -0.2) is 0 Å². The SMILES string of the molecule is CC(O)C1C(=O)N([Si](C)(C)C(C)(C)C)C1CC1(C)OCCO1. The third-order valence-electron chi connectivity index (χ3n) is 5.70. The highest BCUT2D eigenvalue weighted by molar-refractivity contribution is 6.80. The minimum atomic E-state index is -1.98. The lowest BCUT2D eigenvalue weighted by Gasteiger charge is -2.60. The fourth-order valence-corrected chi connectivity index (χ4v) is 5.92. The van der Waals surface area contributed by atoms with Crippen LogP contribution in [0.2, 0.25) is 18.1 Å². The molecule has 0 saturated carbocycles. The highest BCUT2D eigenvalue weighted by atomic mass is 28.3. The summed E-state index contributed by atoms with van der Waals surface area (Å²) in [6, 6.07) is -0.00325. The summed E-state index contributed by atoms with van der Waals surface area (Å²) in [7, 11) is -1.98. The lowest BCUT2D eigenvalue weighted by atomic mass is 9.82. The molecular weight excluding hydrogens is 298 g/mol. The molecule has 2 fully saturated rings. The summed E-state index contributed by atoms with van der Waals surface area (Å²) < 4.78 is 13.5. The standard InChI is InChI=1S/C16H31NO4Si/c1-11(18)13-12(10-16(5)20-8-9-21-16)17(14(13)19)22(6,7)15(2,3)4/h11-13,18H,8-10H2,1-7H3. The van der Waals surface area contributed by atoms with E-state index < -0.39 is 20.1 Å². The van der Waals surface area contributed by atoms with Crippen LogP contribution in [-0.4, -0.2) is 55.0 Å². The molecule has 0 spiro atoms. The van der Waals surface area contributed by atoms with Crippen molar-refractivity contribution in [1.29, 1.82) is 0 Å². The molecule has 2 aliphatic rings. The van der Waals surface area contributed by atoms with Crippen molar-refractivity contribution in [2.75, 3.05) is 13.2 Å². The number of hydrogen-bond acceptors (Lipinski definition) is 4. The first kappa shape index (κ1) is 17.9. The van der Waals surface area contributed by atoms with Gasteiger partial charge in [0, 0.05) is 12.5 Å². The van der Waals surface area contributed by atoms with E-state index in [-0.39, 0.29) is 22.9 Å². The Kier molecular flexibility index (Phi) is 4.54. The van der Waals surface area contributed by atoms with Crippen molar-refractivity contribution in [3.8, 4) is 0 Å². The van der Waals surface area contributed by atoms with Gasteiger partial charge in [-0.1, -0.05) is 33.9 Å². The Morgan fingerprint density at radius 1 is 1.36 bits per heavy atom. The number of hydrogen-bond donors (Lipinski definition) is 1. The minimum Gasteiger partial charge on any atom is -0.393 e. The van der Waals surface area contributed by atoms with E-state index in [1.807, 2.05) is 6.92 Å². The number of carbonyl (C=O) groups is 1. The predicted octanol–water partition coefficient (Wildman–Crippen LogP) is 2.35. The van der Waals surface area contributed by atoms with Crippen LogP contribution in [-0.2, 0) is 14.3 Å². The van der Waals surface area contributed by atoms with Crippen LogP contribution in [0.5, 0.6) is 0 Å². The van der Waals surface area contributed by atoms with Gasteiger partial charge in [0.25, 0.3) is 0 Å². The molecule has 0 bridgehead atoms. The van der Waals surface area contributed by atoms with Crippen molar-refractivity contribution in [2.24, 2.45) is 5.92 Å². The zero-order chi connectivity index (χ0) is 16.9. The monoisotopic (exact) mass is 329 g/mol. The maximum atomic E-state index is 12.7. The summed E-state index contributed by atoms with van der Waals surface area (Å²) in [5.41, 5.74) is 0. The number of β-lactam (4-membered cyclic amide) rings is 1. The van der Waals surface area contributed by atoms with Crippen LogP contribution in [0.25, 0.3) is 0 Å². The van der Waals surface area contributed by atoms with Crippen molar-refractivity contribution < 1.29 is 19.4 Å². The first-order valence-electron chi connectivity index (χ1n) is 8.20. The summed E-state index contributed by atoms with van der Waals surface area (Å²) >= 11 is 0. The molecule has 2 rings (SSSR count). The summed E-state index contributed by atoms with van der Waals surface area (Å²) in [6.07, 6.45) is -0.00982. The molecule has 3 atom stereocenters.